The Kier molecular flexibility index (Phi) is 6.53. The molecule has 50 heavy (non-hydrogen) atoms. The van der Waals surface area contributed by atoms with Crippen LogP contribution in [0.4, 0.5) is 17.1 Å². The van der Waals surface area contributed by atoms with Crippen LogP contribution in [0.25, 0.3) is 76.5 Å². The molecular weight excluding hydrogens is 607 g/mol. The van der Waals surface area contributed by atoms with Gasteiger partial charge in [-0.05, 0) is 109 Å². The average molecular weight is 638 g/mol. The lowest BCUT2D eigenvalue weighted by Crippen LogP contribution is -2.10. The monoisotopic (exact) mass is 637 g/mol. The van der Waals surface area contributed by atoms with Crippen molar-refractivity contribution < 1.29 is 4.42 Å². The topological polar surface area (TPSA) is 16.4 Å². The Labute approximate surface area is 290 Å². The maximum atomic E-state index is 6.57. The van der Waals surface area contributed by atoms with E-state index >= 15 is 0 Å². The normalized spacial score (nSPS) is 11.6. The first-order chi connectivity index (χ1) is 24.8. The van der Waals surface area contributed by atoms with Gasteiger partial charge in [0, 0.05) is 16.8 Å². The second-order valence-corrected chi connectivity index (χ2v) is 13.0. The summed E-state index contributed by atoms with van der Waals surface area (Å²) in [5.41, 5.74) is 9.73. The summed E-state index contributed by atoms with van der Waals surface area (Å²) in [5.74, 6) is 0. The fourth-order valence-electron chi connectivity index (χ4n) is 7.59. The van der Waals surface area contributed by atoms with E-state index in [-0.39, 0.29) is 0 Å². The van der Waals surface area contributed by atoms with Gasteiger partial charge in [0.05, 0.1) is 11.1 Å². The largest absolute Gasteiger partial charge is 0.456 e. The minimum atomic E-state index is 0.869. The summed E-state index contributed by atoms with van der Waals surface area (Å²) in [6.45, 7) is 0. The molecule has 0 saturated heterocycles. The average Bonchev–Trinajstić information content (AvgIpc) is 3.55. The van der Waals surface area contributed by atoms with E-state index in [1.54, 1.807) is 0 Å². The first kappa shape index (κ1) is 28.4. The molecule has 9 aromatic carbocycles. The number of furan rings is 1. The predicted molar refractivity (Wildman–Crippen MR) is 212 cm³/mol. The van der Waals surface area contributed by atoms with Gasteiger partial charge in [0.2, 0.25) is 0 Å². The Morgan fingerprint density at radius 3 is 1.76 bits per heavy atom. The van der Waals surface area contributed by atoms with Crippen LogP contribution in [0, 0.1) is 0 Å². The Balaban J connectivity index is 1.22. The zero-order valence-electron chi connectivity index (χ0n) is 27.3. The lowest BCUT2D eigenvalue weighted by Gasteiger charge is -2.27. The summed E-state index contributed by atoms with van der Waals surface area (Å²) < 4.78 is 6.57. The molecule has 10 rings (SSSR count). The maximum absolute atomic E-state index is 6.57. The van der Waals surface area contributed by atoms with Crippen molar-refractivity contribution in [3.63, 3.8) is 0 Å². The number of nitrogens with zero attached hydrogens (tertiary/aromatic N) is 1. The van der Waals surface area contributed by atoms with Crippen molar-refractivity contribution in [2.45, 2.75) is 0 Å². The van der Waals surface area contributed by atoms with Crippen molar-refractivity contribution >= 4 is 71.3 Å². The van der Waals surface area contributed by atoms with E-state index in [4.69, 9.17) is 4.42 Å². The molecule has 0 unspecified atom stereocenters. The molecule has 0 bridgehead atoms. The van der Waals surface area contributed by atoms with E-state index in [2.05, 4.69) is 193 Å². The standard InChI is InChI=1S/C48H31NO/c1-2-13-34-27-38(26-25-32(34)11-1)35-17-7-19-40(28-35)49(41-20-8-18-39(29-41)43-22-9-16-33-12-5-6-21-42(33)43)45-23-10-24-46-48(45)44-30-36-14-3-4-15-37(36)31-47(44)50-46/h1-31H. The van der Waals surface area contributed by atoms with Gasteiger partial charge in [-0.25, -0.2) is 0 Å². The molecule has 0 atom stereocenters. The number of rotatable bonds is 5. The molecule has 0 spiro atoms. The molecule has 0 amide bonds. The second kappa shape index (κ2) is 11.5. The quantitative estimate of drug-likeness (QED) is 0.187. The first-order valence-electron chi connectivity index (χ1n) is 17.1. The van der Waals surface area contributed by atoms with Gasteiger partial charge < -0.3 is 9.32 Å². The second-order valence-electron chi connectivity index (χ2n) is 13.0. The van der Waals surface area contributed by atoms with Crippen molar-refractivity contribution in [2.75, 3.05) is 4.90 Å². The highest BCUT2D eigenvalue weighted by Crippen LogP contribution is 2.45. The third-order valence-electron chi connectivity index (χ3n) is 9.97. The molecule has 0 radical (unpaired) electrons. The van der Waals surface area contributed by atoms with E-state index < -0.39 is 0 Å². The highest BCUT2D eigenvalue weighted by molar-refractivity contribution is 6.16. The Morgan fingerprint density at radius 1 is 0.340 bits per heavy atom. The van der Waals surface area contributed by atoms with Gasteiger partial charge in [0.15, 0.2) is 0 Å². The summed E-state index contributed by atoms with van der Waals surface area (Å²) in [4.78, 5) is 2.39. The predicted octanol–water partition coefficient (Wildman–Crippen LogP) is 13.8. The number of anilines is 3. The van der Waals surface area contributed by atoms with Crippen molar-refractivity contribution in [1.82, 2.24) is 0 Å². The molecule has 1 aromatic heterocycles. The molecule has 2 nitrogen and oxygen atoms in total. The first-order valence-corrected chi connectivity index (χ1v) is 17.1. The van der Waals surface area contributed by atoms with E-state index in [1.807, 2.05) is 0 Å². The van der Waals surface area contributed by atoms with Crippen molar-refractivity contribution in [3.05, 3.63) is 188 Å². The molecule has 0 N–H and O–H groups in total. The summed E-state index contributed by atoms with van der Waals surface area (Å²) in [6.07, 6.45) is 0. The Bertz CT molecular complexity index is 2890. The molecule has 0 saturated carbocycles. The van der Waals surface area contributed by atoms with Gasteiger partial charge in [0.1, 0.15) is 11.2 Å². The van der Waals surface area contributed by atoms with Crippen LogP contribution in [0.15, 0.2) is 192 Å². The zero-order chi connectivity index (χ0) is 33.0. The third-order valence-corrected chi connectivity index (χ3v) is 9.97. The van der Waals surface area contributed by atoms with Gasteiger partial charge >= 0.3 is 0 Å². The summed E-state index contributed by atoms with van der Waals surface area (Å²) in [5, 5.41) is 9.52. The SMILES string of the molecule is c1cc(-c2ccc3ccccc3c2)cc(N(c2cccc(-c3cccc4ccccc34)c2)c2cccc3oc4cc5ccccc5cc4c23)c1. The fourth-order valence-corrected chi connectivity index (χ4v) is 7.59. The van der Waals surface area contributed by atoms with Gasteiger partial charge in [-0.15, -0.1) is 0 Å². The molecule has 1 heterocycles. The van der Waals surface area contributed by atoms with Crippen molar-refractivity contribution in [1.29, 1.82) is 0 Å². The van der Waals surface area contributed by atoms with Crippen LogP contribution in [0.5, 0.6) is 0 Å². The number of hydrogen-bond acceptors (Lipinski definition) is 2. The van der Waals surface area contributed by atoms with E-state index in [9.17, 15) is 0 Å². The minimum absolute atomic E-state index is 0.869. The molecule has 2 heteroatoms. The van der Waals surface area contributed by atoms with Crippen LogP contribution < -0.4 is 4.90 Å². The summed E-state index contributed by atoms with van der Waals surface area (Å²) in [6, 6.07) is 67.6. The molecule has 0 aliphatic heterocycles. The molecule has 10 aromatic rings. The van der Waals surface area contributed by atoms with Gasteiger partial charge in [-0.1, -0.05) is 133 Å². The number of hydrogen-bond donors (Lipinski definition) is 0. The molecule has 0 fully saturated rings. The lowest BCUT2D eigenvalue weighted by atomic mass is 9.97. The molecule has 0 aliphatic carbocycles. The van der Waals surface area contributed by atoms with Crippen LogP contribution in [-0.2, 0) is 0 Å². The van der Waals surface area contributed by atoms with Crippen LogP contribution in [0.2, 0.25) is 0 Å². The maximum Gasteiger partial charge on any atom is 0.137 e. The van der Waals surface area contributed by atoms with Crippen LogP contribution in [0.3, 0.4) is 0 Å². The fraction of sp³-hybridized carbons (Fsp3) is 0. The highest BCUT2D eigenvalue weighted by atomic mass is 16.3. The van der Waals surface area contributed by atoms with E-state index in [1.165, 1.54) is 54.6 Å². The van der Waals surface area contributed by atoms with Gasteiger partial charge in [-0.2, -0.15) is 0 Å². The van der Waals surface area contributed by atoms with E-state index in [0.717, 1.165) is 39.0 Å². The van der Waals surface area contributed by atoms with Crippen LogP contribution in [0.1, 0.15) is 0 Å². The van der Waals surface area contributed by atoms with Gasteiger partial charge in [-0.3, -0.25) is 0 Å². The van der Waals surface area contributed by atoms with Crippen molar-refractivity contribution in [2.24, 2.45) is 0 Å². The van der Waals surface area contributed by atoms with Crippen LogP contribution >= 0.6 is 0 Å². The number of fused-ring (bicyclic) bond motifs is 6. The van der Waals surface area contributed by atoms with E-state index in [0.29, 0.717) is 0 Å². The summed E-state index contributed by atoms with van der Waals surface area (Å²) >= 11 is 0. The lowest BCUT2D eigenvalue weighted by molar-refractivity contribution is 0.669. The minimum Gasteiger partial charge on any atom is -0.456 e. The smallest absolute Gasteiger partial charge is 0.137 e. The van der Waals surface area contributed by atoms with Crippen LogP contribution in [-0.4, -0.2) is 0 Å². The molecule has 0 aliphatic rings. The molecule has 234 valence electrons. The number of benzene rings is 9. The summed E-state index contributed by atoms with van der Waals surface area (Å²) in [7, 11) is 0. The highest BCUT2D eigenvalue weighted by Gasteiger charge is 2.21. The third kappa shape index (κ3) is 4.73. The Hall–Kier alpha value is -6.64. The molecular formula is C48H31NO. The zero-order valence-corrected chi connectivity index (χ0v) is 27.3. The Morgan fingerprint density at radius 2 is 0.940 bits per heavy atom. The van der Waals surface area contributed by atoms with Gasteiger partial charge in [0.25, 0.3) is 0 Å². The van der Waals surface area contributed by atoms with Crippen molar-refractivity contribution in [3.8, 4) is 22.3 Å².